The average Bonchev–Trinajstić information content (AvgIpc) is 2.45. The Kier molecular flexibility index (Phi) is 4.71. The predicted molar refractivity (Wildman–Crippen MR) is 75.5 cm³/mol. The smallest absolute Gasteiger partial charge is 0.270 e. The lowest BCUT2D eigenvalue weighted by atomic mass is 10.1. The van der Waals surface area contributed by atoms with E-state index in [1.54, 1.807) is 6.07 Å². The van der Waals surface area contributed by atoms with Gasteiger partial charge in [-0.3, -0.25) is 4.79 Å². The van der Waals surface area contributed by atoms with Crippen LogP contribution < -0.4 is 10.2 Å². The van der Waals surface area contributed by atoms with Gasteiger partial charge < -0.3 is 10.2 Å². The highest BCUT2D eigenvalue weighted by Gasteiger charge is 2.16. The molecule has 1 amide bonds. The number of hydrogen-bond acceptors (Lipinski definition) is 4. The number of carbonyl (C=O) groups excluding carboxylic acids is 1. The molecule has 19 heavy (non-hydrogen) atoms. The van der Waals surface area contributed by atoms with E-state index >= 15 is 0 Å². The summed E-state index contributed by atoms with van der Waals surface area (Å²) >= 11 is 0. The van der Waals surface area contributed by atoms with E-state index in [0.717, 1.165) is 25.2 Å². The van der Waals surface area contributed by atoms with E-state index in [1.165, 1.54) is 19.3 Å². The zero-order chi connectivity index (χ0) is 13.7. The molecule has 104 valence electrons. The van der Waals surface area contributed by atoms with E-state index < -0.39 is 0 Å². The molecule has 1 aliphatic rings. The second-order valence-corrected chi connectivity index (χ2v) is 5.00. The summed E-state index contributed by atoms with van der Waals surface area (Å²) in [4.78, 5) is 23.0. The Morgan fingerprint density at radius 3 is 2.74 bits per heavy atom. The van der Waals surface area contributed by atoms with Gasteiger partial charge in [-0.2, -0.15) is 0 Å². The molecule has 1 aliphatic heterocycles. The first-order valence-electron chi connectivity index (χ1n) is 7.09. The zero-order valence-electron chi connectivity index (χ0n) is 11.8. The van der Waals surface area contributed by atoms with Crippen molar-refractivity contribution in [1.82, 2.24) is 15.3 Å². The van der Waals surface area contributed by atoms with Crippen LogP contribution in [0.2, 0.25) is 0 Å². The van der Waals surface area contributed by atoms with Crippen molar-refractivity contribution < 1.29 is 4.79 Å². The van der Waals surface area contributed by atoms with Gasteiger partial charge in [-0.15, -0.1) is 0 Å². The normalized spacial score (nSPS) is 15.4. The number of rotatable bonds is 4. The molecule has 0 saturated carbocycles. The number of anilines is 1. The molecule has 0 aromatic carbocycles. The molecule has 2 rings (SSSR count). The summed E-state index contributed by atoms with van der Waals surface area (Å²) in [5, 5.41) is 2.86. The van der Waals surface area contributed by atoms with Crippen LogP contribution in [0.15, 0.2) is 6.07 Å². The van der Waals surface area contributed by atoms with E-state index in [4.69, 9.17) is 0 Å². The van der Waals surface area contributed by atoms with Gasteiger partial charge in [0.05, 0.1) is 0 Å². The summed E-state index contributed by atoms with van der Waals surface area (Å²) in [6.45, 7) is 6.59. The van der Waals surface area contributed by atoms with Crippen molar-refractivity contribution in [3.05, 3.63) is 17.5 Å². The van der Waals surface area contributed by atoms with Crippen LogP contribution in [0.25, 0.3) is 0 Å². The molecule has 5 heteroatoms. The maximum Gasteiger partial charge on any atom is 0.270 e. The maximum absolute atomic E-state index is 12.0. The van der Waals surface area contributed by atoms with Gasteiger partial charge in [-0.1, -0.05) is 6.92 Å². The molecular weight excluding hydrogens is 240 g/mol. The van der Waals surface area contributed by atoms with Crippen molar-refractivity contribution in [1.29, 1.82) is 0 Å². The highest BCUT2D eigenvalue weighted by atomic mass is 16.1. The van der Waals surface area contributed by atoms with Gasteiger partial charge in [0.1, 0.15) is 5.69 Å². The Bertz CT molecular complexity index is 441. The van der Waals surface area contributed by atoms with Crippen molar-refractivity contribution in [3.8, 4) is 0 Å². The third kappa shape index (κ3) is 3.66. The minimum Gasteiger partial charge on any atom is -0.351 e. The van der Waals surface area contributed by atoms with Gasteiger partial charge in [0, 0.05) is 25.3 Å². The largest absolute Gasteiger partial charge is 0.351 e. The second-order valence-electron chi connectivity index (χ2n) is 5.00. The Hall–Kier alpha value is -1.65. The standard InChI is InChI=1S/C14H22N4O/c1-3-7-15-13(19)12-10-11(2)16-14(17-12)18-8-5-4-6-9-18/h10H,3-9H2,1-2H3,(H,15,19). The van der Waals surface area contributed by atoms with Crippen molar-refractivity contribution in [2.24, 2.45) is 0 Å². The van der Waals surface area contributed by atoms with Crippen LogP contribution in [0.5, 0.6) is 0 Å². The van der Waals surface area contributed by atoms with Crippen LogP contribution in [0, 0.1) is 6.92 Å². The number of hydrogen-bond donors (Lipinski definition) is 1. The molecule has 1 fully saturated rings. The Morgan fingerprint density at radius 2 is 2.05 bits per heavy atom. The molecule has 0 atom stereocenters. The van der Waals surface area contributed by atoms with Crippen molar-refractivity contribution in [3.63, 3.8) is 0 Å². The first-order chi connectivity index (χ1) is 9.20. The Balaban J connectivity index is 2.16. The lowest BCUT2D eigenvalue weighted by Gasteiger charge is -2.27. The molecule has 0 spiro atoms. The number of amides is 1. The van der Waals surface area contributed by atoms with Gasteiger partial charge in [-0.05, 0) is 38.7 Å². The molecular formula is C14H22N4O. The van der Waals surface area contributed by atoms with Crippen LogP contribution in [0.1, 0.15) is 48.8 Å². The summed E-state index contributed by atoms with van der Waals surface area (Å²) in [5.41, 5.74) is 1.32. The highest BCUT2D eigenvalue weighted by Crippen LogP contribution is 2.16. The third-order valence-electron chi connectivity index (χ3n) is 3.25. The monoisotopic (exact) mass is 262 g/mol. The first kappa shape index (κ1) is 13.8. The van der Waals surface area contributed by atoms with Crippen LogP contribution in [0.3, 0.4) is 0 Å². The van der Waals surface area contributed by atoms with Gasteiger partial charge in [-0.25, -0.2) is 9.97 Å². The zero-order valence-corrected chi connectivity index (χ0v) is 11.8. The molecule has 5 nitrogen and oxygen atoms in total. The van der Waals surface area contributed by atoms with Gasteiger partial charge in [0.25, 0.3) is 5.91 Å². The van der Waals surface area contributed by atoms with E-state index in [2.05, 4.69) is 20.2 Å². The molecule has 1 N–H and O–H groups in total. The lowest BCUT2D eigenvalue weighted by molar-refractivity contribution is 0.0948. The van der Waals surface area contributed by atoms with Crippen LogP contribution in [-0.2, 0) is 0 Å². The molecule has 0 radical (unpaired) electrons. The number of piperidine rings is 1. The van der Waals surface area contributed by atoms with E-state index in [0.29, 0.717) is 18.2 Å². The van der Waals surface area contributed by atoms with E-state index in [9.17, 15) is 4.79 Å². The summed E-state index contributed by atoms with van der Waals surface area (Å²) in [6.07, 6.45) is 4.55. The van der Waals surface area contributed by atoms with Gasteiger partial charge >= 0.3 is 0 Å². The number of aromatic nitrogens is 2. The molecule has 0 bridgehead atoms. The summed E-state index contributed by atoms with van der Waals surface area (Å²) in [5.74, 6) is 0.590. The summed E-state index contributed by atoms with van der Waals surface area (Å²) < 4.78 is 0. The van der Waals surface area contributed by atoms with Gasteiger partial charge in [0.2, 0.25) is 5.95 Å². The fourth-order valence-corrected chi connectivity index (χ4v) is 2.23. The summed E-state index contributed by atoms with van der Waals surface area (Å²) in [6, 6.07) is 1.75. The van der Waals surface area contributed by atoms with Crippen molar-refractivity contribution in [2.75, 3.05) is 24.5 Å². The fraction of sp³-hybridized carbons (Fsp3) is 0.643. The molecule has 0 aliphatic carbocycles. The molecule has 0 unspecified atom stereocenters. The number of nitrogens with one attached hydrogen (secondary N) is 1. The van der Waals surface area contributed by atoms with Gasteiger partial charge in [0.15, 0.2) is 0 Å². The van der Waals surface area contributed by atoms with Crippen LogP contribution in [0.4, 0.5) is 5.95 Å². The van der Waals surface area contributed by atoms with E-state index in [-0.39, 0.29) is 5.91 Å². The number of nitrogens with zero attached hydrogens (tertiary/aromatic N) is 3. The van der Waals surface area contributed by atoms with Crippen LogP contribution in [-0.4, -0.2) is 35.5 Å². The number of carbonyl (C=O) groups is 1. The predicted octanol–water partition coefficient (Wildman–Crippen LogP) is 1.92. The highest BCUT2D eigenvalue weighted by molar-refractivity contribution is 5.92. The third-order valence-corrected chi connectivity index (χ3v) is 3.25. The lowest BCUT2D eigenvalue weighted by Crippen LogP contribution is -2.32. The minimum atomic E-state index is -0.106. The Labute approximate surface area is 114 Å². The van der Waals surface area contributed by atoms with E-state index in [1.807, 2.05) is 13.8 Å². The quantitative estimate of drug-likeness (QED) is 0.900. The SMILES string of the molecule is CCCNC(=O)c1cc(C)nc(N2CCCCC2)n1. The van der Waals surface area contributed by atoms with Crippen molar-refractivity contribution in [2.45, 2.75) is 39.5 Å². The summed E-state index contributed by atoms with van der Waals surface area (Å²) in [7, 11) is 0. The molecule has 2 heterocycles. The number of aryl methyl sites for hydroxylation is 1. The fourth-order valence-electron chi connectivity index (χ4n) is 2.23. The average molecular weight is 262 g/mol. The molecule has 1 aromatic heterocycles. The maximum atomic E-state index is 12.0. The molecule has 1 aromatic rings. The van der Waals surface area contributed by atoms with Crippen LogP contribution >= 0.6 is 0 Å². The molecule has 1 saturated heterocycles. The minimum absolute atomic E-state index is 0.106. The Morgan fingerprint density at radius 1 is 1.32 bits per heavy atom. The van der Waals surface area contributed by atoms with Crippen molar-refractivity contribution >= 4 is 11.9 Å². The first-order valence-corrected chi connectivity index (χ1v) is 7.09. The topological polar surface area (TPSA) is 58.1 Å². The second kappa shape index (κ2) is 6.50.